The first-order chi connectivity index (χ1) is 9.90. The normalized spacial score (nSPS) is 26.7. The summed E-state index contributed by atoms with van der Waals surface area (Å²) in [5, 5.41) is 18.8. The van der Waals surface area contributed by atoms with Crippen molar-refractivity contribution in [2.75, 3.05) is 32.7 Å². The van der Waals surface area contributed by atoms with E-state index in [1.165, 1.54) is 11.8 Å². The van der Waals surface area contributed by atoms with Gasteiger partial charge >= 0.3 is 12.0 Å². The minimum absolute atomic E-state index is 0.0238. The first kappa shape index (κ1) is 15.6. The maximum Gasteiger partial charge on any atom is 0.326 e. The highest BCUT2D eigenvalue weighted by atomic mass is 16.4. The molecular formula is C13H21N3O5. The van der Waals surface area contributed by atoms with Gasteiger partial charge in [-0.25, -0.2) is 9.59 Å². The van der Waals surface area contributed by atoms with Crippen molar-refractivity contribution in [1.29, 1.82) is 0 Å². The summed E-state index contributed by atoms with van der Waals surface area (Å²) in [6.07, 6.45) is -0.0655. The summed E-state index contributed by atoms with van der Waals surface area (Å²) in [6, 6.07) is -1.34. The molecule has 0 saturated carbocycles. The van der Waals surface area contributed by atoms with E-state index in [-0.39, 0.29) is 24.9 Å². The molecule has 0 aromatic heterocycles. The average Bonchev–Trinajstić information content (AvgIpc) is 2.66. The molecule has 2 N–H and O–H groups in total. The van der Waals surface area contributed by atoms with E-state index in [0.717, 1.165) is 0 Å². The van der Waals surface area contributed by atoms with E-state index in [1.807, 2.05) is 0 Å². The Morgan fingerprint density at radius 1 is 1.05 bits per heavy atom. The van der Waals surface area contributed by atoms with Gasteiger partial charge in [-0.3, -0.25) is 4.79 Å². The van der Waals surface area contributed by atoms with E-state index in [0.29, 0.717) is 32.6 Å². The van der Waals surface area contributed by atoms with Crippen molar-refractivity contribution in [3.63, 3.8) is 0 Å². The Morgan fingerprint density at radius 3 is 2.29 bits per heavy atom. The van der Waals surface area contributed by atoms with Crippen molar-refractivity contribution in [1.82, 2.24) is 14.7 Å². The number of carboxylic acids is 1. The number of carbonyl (C=O) groups excluding carboxylic acids is 2. The fourth-order valence-electron chi connectivity index (χ4n) is 2.86. The summed E-state index contributed by atoms with van der Waals surface area (Å²) in [4.78, 5) is 39.5. The van der Waals surface area contributed by atoms with E-state index >= 15 is 0 Å². The third-order valence-electron chi connectivity index (χ3n) is 4.02. The molecule has 2 rings (SSSR count). The average molecular weight is 299 g/mol. The molecule has 0 spiro atoms. The molecular weight excluding hydrogens is 278 g/mol. The number of aliphatic hydroxyl groups excluding tert-OH is 1. The van der Waals surface area contributed by atoms with Gasteiger partial charge in [0.2, 0.25) is 5.91 Å². The number of aliphatic carboxylic acids is 1. The molecule has 0 aromatic rings. The molecule has 8 nitrogen and oxygen atoms in total. The molecule has 2 heterocycles. The minimum atomic E-state index is -1.10. The lowest BCUT2D eigenvalue weighted by molar-refractivity contribution is -0.141. The highest BCUT2D eigenvalue weighted by Crippen LogP contribution is 2.20. The predicted molar refractivity (Wildman–Crippen MR) is 72.6 cm³/mol. The molecule has 0 bridgehead atoms. The van der Waals surface area contributed by atoms with Gasteiger partial charge < -0.3 is 24.9 Å². The van der Waals surface area contributed by atoms with Crippen molar-refractivity contribution in [3.8, 4) is 0 Å². The van der Waals surface area contributed by atoms with E-state index in [2.05, 4.69) is 0 Å². The zero-order chi connectivity index (χ0) is 15.6. The van der Waals surface area contributed by atoms with Crippen LogP contribution in [0.1, 0.15) is 19.8 Å². The maximum atomic E-state index is 12.5. The Balaban J connectivity index is 2.02. The summed E-state index contributed by atoms with van der Waals surface area (Å²) in [6.45, 7) is 3.47. The number of hydrogen-bond acceptors (Lipinski definition) is 4. The van der Waals surface area contributed by atoms with Gasteiger partial charge in [-0.15, -0.1) is 0 Å². The van der Waals surface area contributed by atoms with Crippen LogP contribution in [-0.4, -0.2) is 87.7 Å². The molecule has 2 atom stereocenters. The molecule has 0 aliphatic carbocycles. The summed E-state index contributed by atoms with van der Waals surface area (Å²) in [7, 11) is 0. The lowest BCUT2D eigenvalue weighted by atomic mass is 10.2. The Kier molecular flexibility index (Phi) is 4.66. The Bertz CT molecular complexity index is 442. The molecule has 0 aromatic carbocycles. The number of aliphatic hydroxyl groups is 1. The van der Waals surface area contributed by atoms with E-state index in [9.17, 15) is 19.5 Å². The maximum absolute atomic E-state index is 12.5. The van der Waals surface area contributed by atoms with Crippen molar-refractivity contribution < 1.29 is 24.6 Å². The van der Waals surface area contributed by atoms with Gasteiger partial charge in [0.15, 0.2) is 0 Å². The summed E-state index contributed by atoms with van der Waals surface area (Å²) in [5.74, 6) is -1.12. The number of carbonyl (C=O) groups is 3. The number of rotatable bonds is 1. The molecule has 21 heavy (non-hydrogen) atoms. The van der Waals surface area contributed by atoms with Crippen molar-refractivity contribution >= 4 is 17.9 Å². The monoisotopic (exact) mass is 299 g/mol. The molecule has 2 fully saturated rings. The van der Waals surface area contributed by atoms with Gasteiger partial charge in [-0.05, 0) is 6.42 Å². The van der Waals surface area contributed by atoms with Crippen LogP contribution in [0.15, 0.2) is 0 Å². The molecule has 0 radical (unpaired) electrons. The summed E-state index contributed by atoms with van der Waals surface area (Å²) in [5.41, 5.74) is 0. The lowest BCUT2D eigenvalue weighted by Crippen LogP contribution is -2.49. The fourth-order valence-corrected chi connectivity index (χ4v) is 2.86. The number of urea groups is 1. The quantitative estimate of drug-likeness (QED) is 0.659. The molecule has 2 saturated heterocycles. The van der Waals surface area contributed by atoms with Crippen LogP contribution in [0.4, 0.5) is 4.79 Å². The number of hydrogen-bond donors (Lipinski definition) is 2. The smallest absolute Gasteiger partial charge is 0.326 e. The topological polar surface area (TPSA) is 101 Å². The SMILES string of the molecule is CC(=O)N1CCCN(C(=O)N2CC(O)C[C@H]2C(=O)O)CC1. The van der Waals surface area contributed by atoms with Gasteiger partial charge in [0, 0.05) is 46.1 Å². The van der Waals surface area contributed by atoms with Crippen molar-refractivity contribution in [2.45, 2.75) is 31.9 Å². The van der Waals surface area contributed by atoms with Crippen LogP contribution in [0.5, 0.6) is 0 Å². The second kappa shape index (κ2) is 6.30. The zero-order valence-electron chi connectivity index (χ0n) is 12.1. The molecule has 8 heteroatoms. The van der Waals surface area contributed by atoms with E-state index in [4.69, 9.17) is 5.11 Å². The standard InChI is InChI=1S/C13H21N3O5/c1-9(17)14-3-2-4-15(6-5-14)13(21)16-8-10(18)7-11(16)12(19)20/h10-11,18H,2-8H2,1H3,(H,19,20)/t10?,11-/m0/s1. The third-order valence-corrected chi connectivity index (χ3v) is 4.02. The van der Waals surface area contributed by atoms with Crippen LogP contribution >= 0.6 is 0 Å². The van der Waals surface area contributed by atoms with Gasteiger partial charge in [0.1, 0.15) is 6.04 Å². The van der Waals surface area contributed by atoms with Crippen LogP contribution in [0.3, 0.4) is 0 Å². The molecule has 1 unspecified atom stereocenters. The number of β-amino-alcohol motifs (C(OH)–C–C–N with tert-alkyl or cyclic N) is 1. The molecule has 3 amide bonds. The number of amides is 3. The van der Waals surface area contributed by atoms with Crippen molar-refractivity contribution in [2.24, 2.45) is 0 Å². The number of carboxylic acid groups (broad SMARTS) is 1. The third kappa shape index (κ3) is 3.44. The fraction of sp³-hybridized carbons (Fsp3) is 0.769. The van der Waals surface area contributed by atoms with Gasteiger partial charge in [-0.1, -0.05) is 0 Å². The number of nitrogens with zero attached hydrogens (tertiary/aromatic N) is 3. The van der Waals surface area contributed by atoms with Crippen LogP contribution < -0.4 is 0 Å². The second-order valence-corrected chi connectivity index (χ2v) is 5.53. The summed E-state index contributed by atoms with van der Waals surface area (Å²) >= 11 is 0. The predicted octanol–water partition coefficient (Wildman–Crippen LogP) is -0.820. The van der Waals surface area contributed by atoms with Crippen LogP contribution in [0, 0.1) is 0 Å². The Labute approximate surface area is 122 Å². The zero-order valence-corrected chi connectivity index (χ0v) is 12.1. The van der Waals surface area contributed by atoms with Crippen molar-refractivity contribution in [3.05, 3.63) is 0 Å². The van der Waals surface area contributed by atoms with Crippen LogP contribution in [-0.2, 0) is 9.59 Å². The van der Waals surface area contributed by atoms with E-state index < -0.39 is 18.1 Å². The largest absolute Gasteiger partial charge is 0.480 e. The summed E-state index contributed by atoms with van der Waals surface area (Å²) < 4.78 is 0. The molecule has 2 aliphatic rings. The minimum Gasteiger partial charge on any atom is -0.480 e. The van der Waals surface area contributed by atoms with Crippen LogP contribution in [0.25, 0.3) is 0 Å². The lowest BCUT2D eigenvalue weighted by Gasteiger charge is -2.29. The molecule has 118 valence electrons. The first-order valence-corrected chi connectivity index (χ1v) is 7.12. The van der Waals surface area contributed by atoms with Gasteiger partial charge in [0.25, 0.3) is 0 Å². The Morgan fingerprint density at radius 2 is 1.67 bits per heavy atom. The highest BCUT2D eigenvalue weighted by molar-refractivity contribution is 5.83. The Hall–Kier alpha value is -1.83. The van der Waals surface area contributed by atoms with Gasteiger partial charge in [0.05, 0.1) is 6.10 Å². The first-order valence-electron chi connectivity index (χ1n) is 7.12. The highest BCUT2D eigenvalue weighted by Gasteiger charge is 2.40. The number of likely N-dealkylation sites (tertiary alicyclic amines) is 1. The molecule has 2 aliphatic heterocycles. The second-order valence-electron chi connectivity index (χ2n) is 5.53. The van der Waals surface area contributed by atoms with E-state index in [1.54, 1.807) is 9.80 Å². The van der Waals surface area contributed by atoms with Crippen LogP contribution in [0.2, 0.25) is 0 Å². The van der Waals surface area contributed by atoms with Gasteiger partial charge in [-0.2, -0.15) is 0 Å².